The molecule has 0 fully saturated rings. The first-order valence-corrected chi connectivity index (χ1v) is 9.42. The maximum Gasteiger partial charge on any atom is 0.258 e. The van der Waals surface area contributed by atoms with E-state index in [0.717, 1.165) is 25.1 Å². The van der Waals surface area contributed by atoms with Crippen LogP contribution < -0.4 is 10.2 Å². The molecule has 1 aliphatic rings. The Kier molecular flexibility index (Phi) is 5.91. The van der Waals surface area contributed by atoms with Crippen molar-refractivity contribution in [2.24, 2.45) is 0 Å². The molecule has 2 amide bonds. The van der Waals surface area contributed by atoms with Gasteiger partial charge in [-0.25, -0.2) is 0 Å². The zero-order valence-electron chi connectivity index (χ0n) is 16.2. The number of fused-ring (bicyclic) bond motifs is 1. The van der Waals surface area contributed by atoms with Gasteiger partial charge in [0.25, 0.3) is 11.8 Å². The van der Waals surface area contributed by atoms with E-state index in [9.17, 15) is 9.59 Å². The van der Waals surface area contributed by atoms with Crippen LogP contribution >= 0.6 is 0 Å². The lowest BCUT2D eigenvalue weighted by atomic mass is 10.1. The Bertz CT molecular complexity index is 815. The highest BCUT2D eigenvalue weighted by Crippen LogP contribution is 2.33. The van der Waals surface area contributed by atoms with Crippen LogP contribution in [0.25, 0.3) is 0 Å². The standard InChI is InChI=1S/C22H27N3O2/c1-16-15-19-7-4-5-8-20(19)25(16)22(27)18-11-9-17(10-12-18)21(26)23-13-6-14-24(2)3/h4-5,7-12,16H,6,13-15H2,1-3H3,(H,23,26). The molecule has 1 aliphatic heterocycles. The molecule has 0 aliphatic carbocycles. The summed E-state index contributed by atoms with van der Waals surface area (Å²) in [5, 5.41) is 2.92. The summed E-state index contributed by atoms with van der Waals surface area (Å²) in [5.74, 6) is -0.127. The van der Waals surface area contributed by atoms with E-state index in [1.54, 1.807) is 24.3 Å². The van der Waals surface area contributed by atoms with Crippen molar-refractivity contribution in [3.8, 4) is 0 Å². The first-order chi connectivity index (χ1) is 13.0. The highest BCUT2D eigenvalue weighted by Gasteiger charge is 2.31. The van der Waals surface area contributed by atoms with Crippen molar-refractivity contribution in [2.75, 3.05) is 32.1 Å². The van der Waals surface area contributed by atoms with Crippen LogP contribution in [0.3, 0.4) is 0 Å². The normalized spacial score (nSPS) is 15.7. The first-order valence-electron chi connectivity index (χ1n) is 9.42. The van der Waals surface area contributed by atoms with Gasteiger partial charge in [0.1, 0.15) is 0 Å². The number of nitrogens with zero attached hydrogens (tertiary/aromatic N) is 2. The van der Waals surface area contributed by atoms with Crippen LogP contribution in [0.5, 0.6) is 0 Å². The average molecular weight is 365 g/mol. The van der Waals surface area contributed by atoms with E-state index >= 15 is 0 Å². The van der Waals surface area contributed by atoms with Gasteiger partial charge in [-0.3, -0.25) is 9.59 Å². The predicted octanol–water partition coefficient (Wildman–Crippen LogP) is 2.96. The van der Waals surface area contributed by atoms with Gasteiger partial charge in [0, 0.05) is 29.4 Å². The fourth-order valence-corrected chi connectivity index (χ4v) is 3.48. The molecule has 0 spiro atoms. The van der Waals surface area contributed by atoms with Crippen molar-refractivity contribution < 1.29 is 9.59 Å². The molecule has 142 valence electrons. The second-order valence-corrected chi connectivity index (χ2v) is 7.35. The molecule has 0 bridgehead atoms. The van der Waals surface area contributed by atoms with Gasteiger partial charge in [-0.1, -0.05) is 18.2 Å². The van der Waals surface area contributed by atoms with Crippen molar-refractivity contribution in [1.82, 2.24) is 10.2 Å². The number of anilines is 1. The summed E-state index contributed by atoms with van der Waals surface area (Å²) in [7, 11) is 4.02. The molecular formula is C22H27N3O2. The van der Waals surface area contributed by atoms with Gasteiger partial charge in [-0.15, -0.1) is 0 Å². The maximum absolute atomic E-state index is 13.0. The van der Waals surface area contributed by atoms with Crippen molar-refractivity contribution >= 4 is 17.5 Å². The second-order valence-electron chi connectivity index (χ2n) is 7.35. The fourth-order valence-electron chi connectivity index (χ4n) is 3.48. The number of hydrogen-bond donors (Lipinski definition) is 1. The van der Waals surface area contributed by atoms with Crippen LogP contribution in [-0.2, 0) is 6.42 Å². The number of amides is 2. The lowest BCUT2D eigenvalue weighted by molar-refractivity contribution is 0.0948. The third kappa shape index (κ3) is 4.37. The number of rotatable bonds is 6. The third-order valence-corrected chi connectivity index (χ3v) is 4.89. The molecule has 5 nitrogen and oxygen atoms in total. The molecule has 0 saturated heterocycles. The average Bonchev–Trinajstić information content (AvgIpc) is 3.00. The summed E-state index contributed by atoms with van der Waals surface area (Å²) < 4.78 is 0. The summed E-state index contributed by atoms with van der Waals surface area (Å²) in [6.07, 6.45) is 1.77. The molecule has 0 saturated carbocycles. The number of nitrogens with one attached hydrogen (secondary N) is 1. The summed E-state index contributed by atoms with van der Waals surface area (Å²) in [6, 6.07) is 15.1. The number of carbonyl (C=O) groups is 2. The van der Waals surface area contributed by atoms with Crippen molar-refractivity contribution in [3.05, 3.63) is 65.2 Å². The van der Waals surface area contributed by atoms with Crippen LogP contribution in [0.2, 0.25) is 0 Å². The second kappa shape index (κ2) is 8.35. The van der Waals surface area contributed by atoms with Crippen molar-refractivity contribution in [2.45, 2.75) is 25.8 Å². The first kappa shape index (κ1) is 19.1. The highest BCUT2D eigenvalue weighted by molar-refractivity contribution is 6.08. The van der Waals surface area contributed by atoms with Gasteiger partial charge in [0.2, 0.25) is 0 Å². The number of para-hydroxylation sites is 1. The molecule has 5 heteroatoms. The van der Waals surface area contributed by atoms with E-state index in [1.165, 1.54) is 5.56 Å². The molecule has 2 aromatic carbocycles. The van der Waals surface area contributed by atoms with E-state index in [0.29, 0.717) is 17.7 Å². The number of benzene rings is 2. The lowest BCUT2D eigenvalue weighted by Gasteiger charge is -2.23. The molecule has 2 aromatic rings. The maximum atomic E-state index is 13.0. The highest BCUT2D eigenvalue weighted by atomic mass is 16.2. The van der Waals surface area contributed by atoms with E-state index in [2.05, 4.69) is 23.2 Å². The van der Waals surface area contributed by atoms with Crippen LogP contribution in [0.15, 0.2) is 48.5 Å². The smallest absolute Gasteiger partial charge is 0.258 e. The van der Waals surface area contributed by atoms with Gasteiger partial charge < -0.3 is 15.1 Å². The van der Waals surface area contributed by atoms with Crippen LogP contribution in [0.4, 0.5) is 5.69 Å². The van der Waals surface area contributed by atoms with Gasteiger partial charge in [-0.2, -0.15) is 0 Å². The summed E-state index contributed by atoms with van der Waals surface area (Å²) in [6.45, 7) is 3.64. The minimum absolute atomic E-state index is 0.0228. The minimum Gasteiger partial charge on any atom is -0.352 e. The monoisotopic (exact) mass is 365 g/mol. The molecule has 27 heavy (non-hydrogen) atoms. The van der Waals surface area contributed by atoms with Crippen molar-refractivity contribution in [3.63, 3.8) is 0 Å². The summed E-state index contributed by atoms with van der Waals surface area (Å²) in [4.78, 5) is 29.2. The van der Waals surface area contributed by atoms with Crippen molar-refractivity contribution in [1.29, 1.82) is 0 Å². The Morgan fingerprint density at radius 3 is 2.44 bits per heavy atom. The Hall–Kier alpha value is -2.66. The van der Waals surface area contributed by atoms with Gasteiger partial charge in [0.15, 0.2) is 0 Å². The molecule has 1 heterocycles. The zero-order chi connectivity index (χ0) is 19.4. The Morgan fingerprint density at radius 2 is 1.74 bits per heavy atom. The van der Waals surface area contributed by atoms with E-state index in [4.69, 9.17) is 0 Å². The largest absolute Gasteiger partial charge is 0.352 e. The molecule has 3 rings (SSSR count). The molecular weight excluding hydrogens is 338 g/mol. The third-order valence-electron chi connectivity index (χ3n) is 4.89. The minimum atomic E-state index is -0.104. The number of hydrogen-bond acceptors (Lipinski definition) is 3. The summed E-state index contributed by atoms with van der Waals surface area (Å²) >= 11 is 0. The summed E-state index contributed by atoms with van der Waals surface area (Å²) in [5.41, 5.74) is 3.36. The van der Waals surface area contributed by atoms with Crippen LogP contribution in [0.1, 0.15) is 39.6 Å². The SMILES string of the molecule is CC1Cc2ccccc2N1C(=O)c1ccc(C(=O)NCCCN(C)C)cc1. The molecule has 1 atom stereocenters. The Balaban J connectivity index is 1.65. The van der Waals surface area contributed by atoms with Gasteiger partial charge in [-0.05, 0) is 76.3 Å². The Labute approximate surface area is 161 Å². The lowest BCUT2D eigenvalue weighted by Crippen LogP contribution is -2.35. The molecule has 0 aromatic heterocycles. The van der Waals surface area contributed by atoms with Gasteiger partial charge >= 0.3 is 0 Å². The topological polar surface area (TPSA) is 52.7 Å². The van der Waals surface area contributed by atoms with E-state index < -0.39 is 0 Å². The quantitative estimate of drug-likeness (QED) is 0.801. The molecule has 1 N–H and O–H groups in total. The fraction of sp³-hybridized carbons (Fsp3) is 0.364. The zero-order valence-corrected chi connectivity index (χ0v) is 16.2. The predicted molar refractivity (Wildman–Crippen MR) is 108 cm³/mol. The molecule has 0 radical (unpaired) electrons. The molecule has 1 unspecified atom stereocenters. The van der Waals surface area contributed by atoms with Crippen LogP contribution in [0, 0.1) is 0 Å². The number of carbonyl (C=O) groups excluding carboxylic acids is 2. The van der Waals surface area contributed by atoms with Crippen LogP contribution in [-0.4, -0.2) is 49.9 Å². The Morgan fingerprint density at radius 1 is 1.07 bits per heavy atom. The van der Waals surface area contributed by atoms with E-state index in [1.807, 2.05) is 37.2 Å². The van der Waals surface area contributed by atoms with Gasteiger partial charge in [0.05, 0.1) is 0 Å². The van der Waals surface area contributed by atoms with E-state index in [-0.39, 0.29) is 17.9 Å².